The predicted octanol–water partition coefficient (Wildman–Crippen LogP) is 1.95. The Morgan fingerprint density at radius 2 is 2.17 bits per heavy atom. The maximum Gasteiger partial charge on any atom is 0.323 e. The van der Waals surface area contributed by atoms with Crippen molar-refractivity contribution in [2.45, 2.75) is 64.6 Å². The van der Waals surface area contributed by atoms with Crippen molar-refractivity contribution >= 4 is 5.97 Å². The number of carboxylic acids is 1. The lowest BCUT2D eigenvalue weighted by Crippen LogP contribution is -2.55. The van der Waals surface area contributed by atoms with E-state index in [9.17, 15) is 9.90 Å². The van der Waals surface area contributed by atoms with Crippen molar-refractivity contribution in [3.05, 3.63) is 0 Å². The zero-order valence-electron chi connectivity index (χ0n) is 12.4. The van der Waals surface area contributed by atoms with Gasteiger partial charge in [0.05, 0.1) is 0 Å². The summed E-state index contributed by atoms with van der Waals surface area (Å²) in [7, 11) is 1.73. The molecule has 0 aromatic heterocycles. The summed E-state index contributed by atoms with van der Waals surface area (Å²) >= 11 is 0. The third kappa shape index (κ3) is 3.23. The zero-order chi connectivity index (χ0) is 13.9. The maximum absolute atomic E-state index is 11.3. The molecule has 0 aliphatic carbocycles. The smallest absolute Gasteiger partial charge is 0.323 e. The van der Waals surface area contributed by atoms with Gasteiger partial charge >= 0.3 is 5.97 Å². The molecule has 2 N–H and O–H groups in total. The van der Waals surface area contributed by atoms with Gasteiger partial charge in [-0.3, -0.25) is 9.69 Å². The summed E-state index contributed by atoms with van der Waals surface area (Å²) in [5.74, 6) is -0.0681. The Kier molecular flexibility index (Phi) is 5.17. The number of hydrogen-bond acceptors (Lipinski definition) is 3. The number of rotatable bonds is 5. The third-order valence-electron chi connectivity index (χ3n) is 4.72. The summed E-state index contributed by atoms with van der Waals surface area (Å²) < 4.78 is 0. The summed E-state index contributed by atoms with van der Waals surface area (Å²) in [5, 5.41) is 12.3. The van der Waals surface area contributed by atoms with Crippen LogP contribution in [0.4, 0.5) is 0 Å². The lowest BCUT2D eigenvalue weighted by molar-refractivity contribution is -0.145. The minimum absolute atomic E-state index is 0.288. The van der Waals surface area contributed by atoms with Gasteiger partial charge in [0.15, 0.2) is 0 Å². The van der Waals surface area contributed by atoms with Crippen molar-refractivity contribution in [1.82, 2.24) is 10.2 Å². The Labute approximate surface area is 111 Å². The van der Waals surface area contributed by atoms with Gasteiger partial charge in [-0.25, -0.2) is 0 Å². The van der Waals surface area contributed by atoms with Crippen molar-refractivity contribution in [3.8, 4) is 0 Å². The molecule has 0 amide bonds. The van der Waals surface area contributed by atoms with Crippen LogP contribution in [0.2, 0.25) is 0 Å². The van der Waals surface area contributed by atoms with Crippen LogP contribution in [0.5, 0.6) is 0 Å². The van der Waals surface area contributed by atoms with E-state index in [1.165, 1.54) is 12.8 Å². The van der Waals surface area contributed by atoms with Gasteiger partial charge in [0, 0.05) is 12.1 Å². The number of carboxylic acid groups (broad SMARTS) is 1. The average molecular weight is 256 g/mol. The van der Waals surface area contributed by atoms with E-state index in [1.807, 2.05) is 0 Å². The van der Waals surface area contributed by atoms with Crippen LogP contribution < -0.4 is 5.32 Å². The molecule has 4 atom stereocenters. The van der Waals surface area contributed by atoms with Crippen LogP contribution in [0, 0.1) is 5.92 Å². The lowest BCUT2D eigenvalue weighted by atomic mass is 9.87. The highest BCUT2D eigenvalue weighted by Crippen LogP contribution is 2.27. The molecule has 4 heteroatoms. The minimum Gasteiger partial charge on any atom is -0.480 e. The standard InChI is InChI=1S/C14H28N2O2/c1-10-7-6-8-16(12(10)3)11(2)9-14(4,15-5)13(17)18/h10-12,15H,6-9H2,1-5H3,(H,17,18). The van der Waals surface area contributed by atoms with Crippen LogP contribution in [-0.2, 0) is 4.79 Å². The second-order valence-electron chi connectivity index (χ2n) is 6.04. The number of nitrogens with zero attached hydrogens (tertiary/aromatic N) is 1. The third-order valence-corrected chi connectivity index (χ3v) is 4.72. The monoisotopic (exact) mass is 256 g/mol. The number of aliphatic carboxylic acids is 1. The SMILES string of the molecule is CNC(C)(CC(C)N1CCCC(C)C1C)C(=O)O. The number of likely N-dealkylation sites (tertiary alicyclic amines) is 1. The van der Waals surface area contributed by atoms with Crippen molar-refractivity contribution in [2.24, 2.45) is 5.92 Å². The molecular formula is C14H28N2O2. The first-order chi connectivity index (χ1) is 8.31. The average Bonchev–Trinajstić information content (AvgIpc) is 2.32. The normalized spacial score (nSPS) is 30.7. The highest BCUT2D eigenvalue weighted by atomic mass is 16.4. The summed E-state index contributed by atoms with van der Waals surface area (Å²) in [6.07, 6.45) is 3.14. The van der Waals surface area contributed by atoms with Gasteiger partial charge in [0.2, 0.25) is 0 Å². The molecule has 4 unspecified atom stereocenters. The minimum atomic E-state index is -0.834. The fourth-order valence-corrected chi connectivity index (χ4v) is 2.99. The summed E-state index contributed by atoms with van der Waals surface area (Å²) in [6.45, 7) is 9.55. The second kappa shape index (κ2) is 6.02. The van der Waals surface area contributed by atoms with Gasteiger partial charge in [0.1, 0.15) is 5.54 Å². The van der Waals surface area contributed by atoms with Crippen LogP contribution in [0.1, 0.15) is 47.0 Å². The van der Waals surface area contributed by atoms with E-state index in [2.05, 4.69) is 31.0 Å². The summed E-state index contributed by atoms with van der Waals surface area (Å²) in [6, 6.07) is 0.833. The second-order valence-corrected chi connectivity index (χ2v) is 6.04. The number of likely N-dealkylation sites (N-methyl/N-ethyl adjacent to an activating group) is 1. The van der Waals surface area contributed by atoms with Gasteiger partial charge in [-0.05, 0) is 59.5 Å². The molecule has 4 nitrogen and oxygen atoms in total. The van der Waals surface area contributed by atoms with Crippen molar-refractivity contribution in [1.29, 1.82) is 0 Å². The first-order valence-corrected chi connectivity index (χ1v) is 7.00. The molecule has 18 heavy (non-hydrogen) atoms. The van der Waals surface area contributed by atoms with Crippen LogP contribution in [-0.4, -0.2) is 47.2 Å². The highest BCUT2D eigenvalue weighted by Gasteiger charge is 2.37. The van der Waals surface area contributed by atoms with E-state index in [4.69, 9.17) is 0 Å². The molecule has 1 rings (SSSR count). The molecule has 0 saturated carbocycles. The molecule has 1 saturated heterocycles. The maximum atomic E-state index is 11.3. The molecular weight excluding hydrogens is 228 g/mol. The molecule has 0 spiro atoms. The van der Waals surface area contributed by atoms with Crippen LogP contribution >= 0.6 is 0 Å². The predicted molar refractivity (Wildman–Crippen MR) is 73.7 cm³/mol. The molecule has 106 valence electrons. The van der Waals surface area contributed by atoms with E-state index in [1.54, 1.807) is 14.0 Å². The van der Waals surface area contributed by atoms with E-state index < -0.39 is 11.5 Å². The Morgan fingerprint density at radius 1 is 1.56 bits per heavy atom. The number of nitrogens with one attached hydrogen (secondary N) is 1. The summed E-state index contributed by atoms with van der Waals surface area (Å²) in [5.41, 5.74) is -0.834. The summed E-state index contributed by atoms with van der Waals surface area (Å²) in [4.78, 5) is 13.8. The van der Waals surface area contributed by atoms with E-state index >= 15 is 0 Å². The fourth-order valence-electron chi connectivity index (χ4n) is 2.99. The van der Waals surface area contributed by atoms with Crippen LogP contribution in [0.15, 0.2) is 0 Å². The molecule has 0 aromatic carbocycles. The molecule has 0 radical (unpaired) electrons. The Balaban J connectivity index is 2.69. The lowest BCUT2D eigenvalue weighted by Gasteiger charge is -2.43. The first kappa shape index (κ1) is 15.4. The van der Waals surface area contributed by atoms with Gasteiger partial charge < -0.3 is 10.4 Å². The zero-order valence-corrected chi connectivity index (χ0v) is 12.4. The van der Waals surface area contributed by atoms with Gasteiger partial charge in [-0.15, -0.1) is 0 Å². The van der Waals surface area contributed by atoms with E-state index in [0.717, 1.165) is 6.54 Å². The van der Waals surface area contributed by atoms with E-state index in [0.29, 0.717) is 18.4 Å². The molecule has 1 heterocycles. The van der Waals surface area contributed by atoms with Crippen LogP contribution in [0.3, 0.4) is 0 Å². The number of piperidine rings is 1. The molecule has 1 aliphatic rings. The Hall–Kier alpha value is -0.610. The van der Waals surface area contributed by atoms with Crippen molar-refractivity contribution < 1.29 is 9.90 Å². The van der Waals surface area contributed by atoms with Crippen LogP contribution in [0.25, 0.3) is 0 Å². The largest absolute Gasteiger partial charge is 0.480 e. The molecule has 1 aliphatic heterocycles. The Bertz CT molecular complexity index is 296. The van der Waals surface area contributed by atoms with Gasteiger partial charge in [-0.1, -0.05) is 6.92 Å². The first-order valence-electron chi connectivity index (χ1n) is 7.00. The van der Waals surface area contributed by atoms with Gasteiger partial charge in [-0.2, -0.15) is 0 Å². The Morgan fingerprint density at radius 3 is 2.67 bits per heavy atom. The number of hydrogen-bond donors (Lipinski definition) is 2. The molecule has 0 bridgehead atoms. The number of carbonyl (C=O) groups is 1. The van der Waals surface area contributed by atoms with Crippen molar-refractivity contribution in [3.63, 3.8) is 0 Å². The van der Waals surface area contributed by atoms with Crippen molar-refractivity contribution in [2.75, 3.05) is 13.6 Å². The fraction of sp³-hybridized carbons (Fsp3) is 0.929. The highest BCUT2D eigenvalue weighted by molar-refractivity contribution is 5.78. The molecule has 0 aromatic rings. The molecule has 1 fully saturated rings. The van der Waals surface area contributed by atoms with E-state index in [-0.39, 0.29) is 6.04 Å². The topological polar surface area (TPSA) is 52.6 Å². The quantitative estimate of drug-likeness (QED) is 0.789. The van der Waals surface area contributed by atoms with Gasteiger partial charge in [0.25, 0.3) is 0 Å².